The third-order valence-corrected chi connectivity index (χ3v) is 73.1. The maximum absolute atomic E-state index is 5.75. The van der Waals surface area contributed by atoms with Crippen molar-refractivity contribution < 1.29 is 9.47 Å². The van der Waals surface area contributed by atoms with Gasteiger partial charge in [0.05, 0.1) is 27.9 Å². The minimum absolute atomic E-state index is 0. The zero-order valence-corrected chi connectivity index (χ0v) is 24.8. The molecule has 0 fully saturated rings. The molecule has 0 saturated heterocycles. The van der Waals surface area contributed by atoms with Gasteiger partial charge >= 0.3 is 0 Å². The zero-order valence-electron chi connectivity index (χ0n) is 20.8. The van der Waals surface area contributed by atoms with Crippen LogP contribution in [0.5, 0.6) is 11.5 Å². The third kappa shape index (κ3) is 5.51. The molecule has 2 rings (SSSR count). The van der Waals surface area contributed by atoms with Gasteiger partial charge in [0, 0.05) is 14.7 Å². The maximum atomic E-state index is 5.75. The second kappa shape index (κ2) is 11.4. The molecule has 0 aromatic heterocycles. The zero-order chi connectivity index (χ0) is 22.8. The van der Waals surface area contributed by atoms with Gasteiger partial charge in [0.25, 0.3) is 0 Å². The molecule has 32 heavy (non-hydrogen) atoms. The summed E-state index contributed by atoms with van der Waals surface area (Å²) in [5.41, 5.74) is 0. The molecular formula is C26H50O2Si4. The van der Waals surface area contributed by atoms with E-state index in [-0.39, 0.29) is 14.9 Å². The smallest absolute Gasteiger partial charge is 0.119 e. The lowest BCUT2D eigenvalue weighted by Crippen LogP contribution is -2.86. The SMILES string of the molecule is C.C.CCOc1ccc([Si](C)(C)[Si](C)(C)[Si](C)(c2ccc(OCC)cc2)[Si](C)(C)C)cc1. The van der Waals surface area contributed by atoms with Gasteiger partial charge in [-0.2, -0.15) is 0 Å². The summed E-state index contributed by atoms with van der Waals surface area (Å²) < 4.78 is 11.5. The molecule has 2 aromatic carbocycles. The Hall–Kier alpha value is -1.09. The Balaban J connectivity index is 0.00000480. The molecule has 2 nitrogen and oxygen atoms in total. The third-order valence-electron chi connectivity index (χ3n) is 7.94. The van der Waals surface area contributed by atoms with Crippen LogP contribution in [-0.4, -0.2) is 42.6 Å². The van der Waals surface area contributed by atoms with Crippen LogP contribution in [0.4, 0.5) is 0 Å². The molecular weight excluding hydrogens is 457 g/mol. The molecule has 1 unspecified atom stereocenters. The minimum atomic E-state index is -1.69. The lowest BCUT2D eigenvalue weighted by atomic mass is 10.3. The Kier molecular flexibility index (Phi) is 11.0. The summed E-state index contributed by atoms with van der Waals surface area (Å²) in [6.07, 6.45) is 0. The van der Waals surface area contributed by atoms with Crippen LogP contribution >= 0.6 is 0 Å². The van der Waals surface area contributed by atoms with E-state index in [1.165, 1.54) is 0 Å². The van der Waals surface area contributed by atoms with E-state index in [1.807, 2.05) is 6.92 Å². The second-order valence-corrected chi connectivity index (χ2v) is 49.7. The van der Waals surface area contributed by atoms with Crippen molar-refractivity contribution >= 4 is 39.8 Å². The van der Waals surface area contributed by atoms with E-state index >= 15 is 0 Å². The highest BCUT2D eigenvalue weighted by Gasteiger charge is 2.61. The molecule has 1 atom stereocenters. The van der Waals surface area contributed by atoms with E-state index in [1.54, 1.807) is 10.4 Å². The molecule has 0 saturated carbocycles. The molecule has 0 spiro atoms. The van der Waals surface area contributed by atoms with Gasteiger partial charge in [0.2, 0.25) is 0 Å². The first-order chi connectivity index (χ1) is 13.8. The highest BCUT2D eigenvalue weighted by atomic mass is 29.8. The first-order valence-corrected chi connectivity index (χ1v) is 26.3. The quantitative estimate of drug-likeness (QED) is 0.343. The van der Waals surface area contributed by atoms with E-state index in [9.17, 15) is 0 Å². The predicted octanol–water partition coefficient (Wildman–Crippen LogP) is 6.94. The highest BCUT2D eigenvalue weighted by Crippen LogP contribution is 2.35. The summed E-state index contributed by atoms with van der Waals surface area (Å²) in [7, 11) is -6.39. The largest absolute Gasteiger partial charge is 0.494 e. The molecule has 0 heterocycles. The number of benzene rings is 2. The summed E-state index contributed by atoms with van der Waals surface area (Å²) in [5.74, 6) is 1.98. The highest BCUT2D eigenvalue weighted by molar-refractivity contribution is 7.87. The monoisotopic (exact) mass is 506 g/mol. The summed E-state index contributed by atoms with van der Waals surface area (Å²) in [6, 6.07) is 18.3. The van der Waals surface area contributed by atoms with Crippen LogP contribution in [0.25, 0.3) is 0 Å². The summed E-state index contributed by atoms with van der Waals surface area (Å²) in [6.45, 7) is 26.8. The van der Waals surface area contributed by atoms with E-state index in [0.717, 1.165) is 24.7 Å². The van der Waals surface area contributed by atoms with Gasteiger partial charge in [0.15, 0.2) is 0 Å². The summed E-state index contributed by atoms with van der Waals surface area (Å²) in [4.78, 5) is 0. The Morgan fingerprint density at radius 1 is 0.562 bits per heavy atom. The predicted molar refractivity (Wildman–Crippen MR) is 158 cm³/mol. The van der Waals surface area contributed by atoms with Crippen molar-refractivity contribution in [3.63, 3.8) is 0 Å². The van der Waals surface area contributed by atoms with Crippen molar-refractivity contribution in [3.8, 4) is 11.5 Å². The molecule has 0 amide bonds. The summed E-state index contributed by atoms with van der Waals surface area (Å²) in [5, 5.41) is 3.24. The van der Waals surface area contributed by atoms with Crippen molar-refractivity contribution in [1.29, 1.82) is 0 Å². The maximum Gasteiger partial charge on any atom is 0.119 e. The average Bonchev–Trinajstić information content (AvgIpc) is 2.68. The van der Waals surface area contributed by atoms with Gasteiger partial charge in [-0.25, -0.2) is 0 Å². The van der Waals surface area contributed by atoms with Crippen LogP contribution in [0.2, 0.25) is 52.4 Å². The van der Waals surface area contributed by atoms with Crippen LogP contribution in [0.1, 0.15) is 28.7 Å². The number of hydrogen-bond donors (Lipinski definition) is 0. The molecule has 0 N–H and O–H groups in total. The van der Waals surface area contributed by atoms with Gasteiger partial charge in [0.1, 0.15) is 11.5 Å². The topological polar surface area (TPSA) is 18.5 Å². The molecule has 6 heteroatoms. The van der Waals surface area contributed by atoms with Crippen molar-refractivity contribution in [1.82, 2.24) is 0 Å². The van der Waals surface area contributed by atoms with Crippen molar-refractivity contribution in [2.75, 3.05) is 13.2 Å². The second-order valence-electron chi connectivity index (χ2n) is 10.5. The van der Waals surface area contributed by atoms with Gasteiger partial charge in [-0.1, -0.05) is 102 Å². The lowest BCUT2D eigenvalue weighted by Gasteiger charge is -2.56. The normalized spacial score (nSPS) is 13.9. The standard InChI is InChI=1S/C24H42O2Si4.2CH4/c1-11-25-21-13-17-23(18-14-21)28(6,7)29(8,9)30(10,27(3,4)5)24-19-15-22(16-20-24)26-12-2;;/h13-20H,11-12H2,1-10H3;2*1H4. The van der Waals surface area contributed by atoms with E-state index in [0.29, 0.717) is 0 Å². The van der Waals surface area contributed by atoms with E-state index in [4.69, 9.17) is 9.47 Å². The molecule has 0 aliphatic carbocycles. The molecule has 0 bridgehead atoms. The van der Waals surface area contributed by atoms with Gasteiger partial charge in [-0.3, -0.25) is 0 Å². The van der Waals surface area contributed by atoms with Crippen LogP contribution in [-0.2, 0) is 0 Å². The number of rotatable bonds is 9. The average molecular weight is 507 g/mol. The molecule has 0 radical (unpaired) electrons. The fraction of sp³-hybridized carbons (Fsp3) is 0.538. The lowest BCUT2D eigenvalue weighted by molar-refractivity contribution is 0.340. The van der Waals surface area contributed by atoms with Crippen LogP contribution < -0.4 is 19.8 Å². The molecule has 0 aliphatic rings. The van der Waals surface area contributed by atoms with Gasteiger partial charge in [-0.15, -0.1) is 0 Å². The van der Waals surface area contributed by atoms with E-state index in [2.05, 4.69) is 108 Å². The Morgan fingerprint density at radius 3 is 1.22 bits per heavy atom. The van der Waals surface area contributed by atoms with Crippen LogP contribution in [0, 0.1) is 0 Å². The van der Waals surface area contributed by atoms with Gasteiger partial charge in [-0.05, 0) is 38.1 Å². The van der Waals surface area contributed by atoms with E-state index < -0.39 is 29.4 Å². The Bertz CT molecular complexity index is 824. The van der Waals surface area contributed by atoms with Crippen molar-refractivity contribution in [2.45, 2.75) is 81.1 Å². The van der Waals surface area contributed by atoms with Crippen molar-refractivity contribution in [2.24, 2.45) is 0 Å². The Labute approximate surface area is 203 Å². The fourth-order valence-corrected chi connectivity index (χ4v) is 79.3. The van der Waals surface area contributed by atoms with Crippen molar-refractivity contribution in [3.05, 3.63) is 48.5 Å². The molecule has 2 aromatic rings. The first-order valence-electron chi connectivity index (χ1n) is 11.3. The fourth-order valence-electron chi connectivity index (χ4n) is 4.90. The first kappa shape index (κ1) is 30.9. The molecule has 0 aliphatic heterocycles. The number of hydrogen-bond acceptors (Lipinski definition) is 2. The summed E-state index contributed by atoms with van der Waals surface area (Å²) >= 11 is 0. The molecule has 182 valence electrons. The number of ether oxygens (including phenoxy) is 2. The minimum Gasteiger partial charge on any atom is -0.494 e. The van der Waals surface area contributed by atoms with Gasteiger partial charge < -0.3 is 9.47 Å². The van der Waals surface area contributed by atoms with Crippen LogP contribution in [0.15, 0.2) is 48.5 Å². The Morgan fingerprint density at radius 2 is 0.906 bits per heavy atom. The van der Waals surface area contributed by atoms with Crippen LogP contribution in [0.3, 0.4) is 0 Å².